The Labute approximate surface area is 162 Å². The SMILES string of the molecule is CN1CC(O[Si](c2ccccc2)(c2ccccc2)C(C)(C)C)C[C@@H]1C(=O)O. The standard InChI is InChI=1S/C22H29NO3Si/c1-22(2,3)27(18-11-7-5-8-12-18,19-13-9-6-10-14-19)26-17-15-20(21(24)25)23(4)16-17/h5-14,17,20H,15-16H2,1-4H3,(H,24,25)/t17?,20-/m1/s1. The van der Waals surface area contributed by atoms with Crippen molar-refractivity contribution < 1.29 is 14.3 Å². The van der Waals surface area contributed by atoms with Crippen molar-refractivity contribution in [1.82, 2.24) is 4.90 Å². The normalized spacial score (nSPS) is 21.3. The lowest BCUT2D eigenvalue weighted by Gasteiger charge is -2.44. The largest absolute Gasteiger partial charge is 0.480 e. The van der Waals surface area contributed by atoms with E-state index < -0.39 is 20.3 Å². The average molecular weight is 384 g/mol. The molecule has 0 amide bonds. The summed E-state index contributed by atoms with van der Waals surface area (Å²) in [5.41, 5.74) is 0. The maximum absolute atomic E-state index is 11.6. The Kier molecular flexibility index (Phi) is 5.56. The molecule has 27 heavy (non-hydrogen) atoms. The number of hydrogen-bond acceptors (Lipinski definition) is 3. The van der Waals surface area contributed by atoms with Gasteiger partial charge in [-0.05, 0) is 28.9 Å². The number of nitrogens with zero attached hydrogens (tertiary/aromatic N) is 1. The summed E-state index contributed by atoms with van der Waals surface area (Å²) in [4.78, 5) is 13.5. The number of carbonyl (C=O) groups is 1. The lowest BCUT2D eigenvalue weighted by atomic mass is 10.2. The highest BCUT2D eigenvalue weighted by atomic mass is 28.4. The van der Waals surface area contributed by atoms with Crippen LogP contribution in [0.25, 0.3) is 0 Å². The summed E-state index contributed by atoms with van der Waals surface area (Å²) in [7, 11) is -0.759. The Hall–Kier alpha value is -1.95. The highest BCUT2D eigenvalue weighted by Gasteiger charge is 2.52. The van der Waals surface area contributed by atoms with Crippen molar-refractivity contribution in [2.45, 2.75) is 44.4 Å². The fourth-order valence-corrected chi connectivity index (χ4v) is 8.95. The highest BCUT2D eigenvalue weighted by molar-refractivity contribution is 6.99. The molecule has 1 heterocycles. The van der Waals surface area contributed by atoms with E-state index in [0.29, 0.717) is 13.0 Å². The molecule has 1 unspecified atom stereocenters. The zero-order valence-electron chi connectivity index (χ0n) is 16.6. The molecule has 3 rings (SSSR count). The zero-order chi connectivity index (χ0) is 19.7. The number of carboxylic acid groups (broad SMARTS) is 1. The van der Waals surface area contributed by atoms with Gasteiger partial charge in [0.25, 0.3) is 8.32 Å². The number of likely N-dealkylation sites (N-methyl/N-ethyl adjacent to an activating group) is 1. The predicted molar refractivity (Wildman–Crippen MR) is 111 cm³/mol. The smallest absolute Gasteiger partial charge is 0.321 e. The molecule has 1 aliphatic rings. The lowest BCUT2D eigenvalue weighted by Crippen LogP contribution is -2.67. The second-order valence-corrected chi connectivity index (χ2v) is 12.7. The van der Waals surface area contributed by atoms with E-state index in [-0.39, 0.29) is 11.1 Å². The Morgan fingerprint density at radius 2 is 1.52 bits per heavy atom. The van der Waals surface area contributed by atoms with Crippen molar-refractivity contribution in [3.63, 3.8) is 0 Å². The topological polar surface area (TPSA) is 49.8 Å². The van der Waals surface area contributed by atoms with Crippen molar-refractivity contribution in [3.8, 4) is 0 Å². The molecular weight excluding hydrogens is 354 g/mol. The summed E-state index contributed by atoms with van der Waals surface area (Å²) in [6, 6.07) is 20.5. The number of likely N-dealkylation sites (tertiary alicyclic amines) is 1. The molecule has 144 valence electrons. The summed E-state index contributed by atoms with van der Waals surface area (Å²) in [5.74, 6) is -0.772. The minimum absolute atomic E-state index is 0.0950. The van der Waals surface area contributed by atoms with Gasteiger partial charge in [0.15, 0.2) is 0 Å². The number of benzene rings is 2. The molecule has 1 fully saturated rings. The van der Waals surface area contributed by atoms with Crippen LogP contribution in [0.3, 0.4) is 0 Å². The molecule has 0 radical (unpaired) electrons. The van der Waals surface area contributed by atoms with Gasteiger partial charge in [0, 0.05) is 6.54 Å². The Bertz CT molecular complexity index is 734. The molecule has 0 saturated carbocycles. The first-order chi connectivity index (χ1) is 12.8. The summed E-state index contributed by atoms with van der Waals surface area (Å²) >= 11 is 0. The highest BCUT2D eigenvalue weighted by Crippen LogP contribution is 2.38. The van der Waals surface area contributed by atoms with Crippen molar-refractivity contribution >= 4 is 24.7 Å². The van der Waals surface area contributed by atoms with Gasteiger partial charge in [-0.1, -0.05) is 81.4 Å². The fourth-order valence-electron chi connectivity index (χ4n) is 4.27. The first kappa shape index (κ1) is 19.8. The lowest BCUT2D eigenvalue weighted by molar-refractivity contribution is -0.141. The first-order valence-electron chi connectivity index (χ1n) is 9.47. The van der Waals surface area contributed by atoms with Crippen LogP contribution in [0.1, 0.15) is 27.2 Å². The quantitative estimate of drug-likeness (QED) is 0.807. The number of aliphatic carboxylic acids is 1. The van der Waals surface area contributed by atoms with Crippen molar-refractivity contribution in [2.24, 2.45) is 0 Å². The van der Waals surface area contributed by atoms with Crippen LogP contribution in [-0.2, 0) is 9.22 Å². The summed E-state index contributed by atoms with van der Waals surface area (Å²) in [6.07, 6.45) is 0.429. The Balaban J connectivity index is 2.09. The van der Waals surface area contributed by atoms with Gasteiger partial charge in [0.2, 0.25) is 0 Å². The van der Waals surface area contributed by atoms with Gasteiger partial charge >= 0.3 is 5.97 Å². The van der Waals surface area contributed by atoms with Crippen molar-refractivity contribution in [2.75, 3.05) is 13.6 Å². The third kappa shape index (κ3) is 3.72. The molecule has 0 aromatic heterocycles. The molecule has 5 heteroatoms. The van der Waals surface area contributed by atoms with E-state index in [4.69, 9.17) is 4.43 Å². The number of carboxylic acids is 1. The third-order valence-electron chi connectivity index (χ3n) is 5.56. The van der Waals surface area contributed by atoms with Gasteiger partial charge in [-0.3, -0.25) is 9.69 Å². The van der Waals surface area contributed by atoms with Crippen LogP contribution < -0.4 is 10.4 Å². The molecule has 2 atom stereocenters. The van der Waals surface area contributed by atoms with Crippen molar-refractivity contribution in [3.05, 3.63) is 60.7 Å². The summed E-state index contributed by atoms with van der Waals surface area (Å²) < 4.78 is 7.02. The Morgan fingerprint density at radius 1 is 1.04 bits per heavy atom. The molecular formula is C22H29NO3Si. The molecule has 0 aliphatic carbocycles. The molecule has 0 bridgehead atoms. The molecule has 1 saturated heterocycles. The van der Waals surface area contributed by atoms with Gasteiger partial charge in [-0.15, -0.1) is 0 Å². The monoisotopic (exact) mass is 383 g/mol. The van der Waals surface area contributed by atoms with Crippen LogP contribution in [0.5, 0.6) is 0 Å². The predicted octanol–water partition coefficient (Wildman–Crippen LogP) is 2.72. The molecule has 2 aromatic carbocycles. The second kappa shape index (κ2) is 7.58. The van der Waals surface area contributed by atoms with E-state index >= 15 is 0 Å². The van der Waals surface area contributed by atoms with E-state index in [0.717, 1.165) is 0 Å². The molecule has 1 N–H and O–H groups in total. The summed E-state index contributed by atoms with van der Waals surface area (Å²) in [6.45, 7) is 7.37. The van der Waals surface area contributed by atoms with Gasteiger partial charge in [0.1, 0.15) is 6.04 Å². The van der Waals surface area contributed by atoms with E-state index in [2.05, 4.69) is 69.3 Å². The van der Waals surface area contributed by atoms with Gasteiger partial charge in [-0.2, -0.15) is 0 Å². The average Bonchev–Trinajstić information content (AvgIpc) is 3.00. The minimum Gasteiger partial charge on any atom is -0.480 e. The number of rotatable bonds is 5. The number of hydrogen-bond donors (Lipinski definition) is 1. The van der Waals surface area contributed by atoms with Gasteiger partial charge in [0.05, 0.1) is 6.10 Å². The minimum atomic E-state index is -2.63. The van der Waals surface area contributed by atoms with Crippen LogP contribution in [0.2, 0.25) is 5.04 Å². The van der Waals surface area contributed by atoms with Crippen LogP contribution >= 0.6 is 0 Å². The van der Waals surface area contributed by atoms with Crippen LogP contribution in [0.15, 0.2) is 60.7 Å². The zero-order valence-corrected chi connectivity index (χ0v) is 17.6. The fraction of sp³-hybridized carbons (Fsp3) is 0.409. The van der Waals surface area contributed by atoms with Crippen LogP contribution in [-0.4, -0.2) is 50.0 Å². The van der Waals surface area contributed by atoms with E-state index in [1.165, 1.54) is 10.4 Å². The van der Waals surface area contributed by atoms with E-state index in [1.807, 2.05) is 24.1 Å². The molecule has 1 aliphatic heterocycles. The second-order valence-electron chi connectivity index (χ2n) is 8.43. The summed E-state index contributed by atoms with van der Waals surface area (Å²) in [5, 5.41) is 11.9. The maximum atomic E-state index is 11.6. The third-order valence-corrected chi connectivity index (χ3v) is 10.6. The molecule has 0 spiro atoms. The Morgan fingerprint density at radius 3 is 1.89 bits per heavy atom. The first-order valence-corrected chi connectivity index (χ1v) is 11.4. The molecule has 4 nitrogen and oxygen atoms in total. The van der Waals surface area contributed by atoms with Crippen molar-refractivity contribution in [1.29, 1.82) is 0 Å². The van der Waals surface area contributed by atoms with E-state index in [1.54, 1.807) is 0 Å². The molecule has 2 aromatic rings. The maximum Gasteiger partial charge on any atom is 0.321 e. The van der Waals surface area contributed by atoms with Gasteiger partial charge in [-0.25, -0.2) is 0 Å². The van der Waals surface area contributed by atoms with Crippen LogP contribution in [0, 0.1) is 0 Å². The van der Waals surface area contributed by atoms with Crippen LogP contribution in [0.4, 0.5) is 0 Å². The van der Waals surface area contributed by atoms with Gasteiger partial charge < -0.3 is 9.53 Å². The van der Waals surface area contributed by atoms with E-state index in [9.17, 15) is 9.90 Å².